The van der Waals surface area contributed by atoms with Gasteiger partial charge in [0.25, 0.3) is 0 Å². The first-order valence-electron chi connectivity index (χ1n) is 7.19. The second-order valence-corrected chi connectivity index (χ2v) is 9.56. The molecule has 0 spiro atoms. The first-order valence-corrected chi connectivity index (χ1v) is 10.2. The predicted octanol–water partition coefficient (Wildman–Crippen LogP) is 4.72. The fourth-order valence-corrected chi connectivity index (χ4v) is 6.11. The summed E-state index contributed by atoms with van der Waals surface area (Å²) in [7, 11) is -1.77. The maximum absolute atomic E-state index is 12.9. The number of sulfonamides is 1. The topological polar surface area (TPSA) is 37.4 Å². The van der Waals surface area contributed by atoms with Gasteiger partial charge in [-0.05, 0) is 59.3 Å². The fourth-order valence-electron chi connectivity index (χ4n) is 3.00. The van der Waals surface area contributed by atoms with E-state index in [4.69, 9.17) is 0 Å². The number of rotatable bonds is 3. The number of halogens is 2. The number of aryl methyl sites for hydroxylation is 1. The van der Waals surface area contributed by atoms with Crippen LogP contribution in [0, 0.1) is 12.8 Å². The Morgan fingerprint density at radius 1 is 1.14 bits per heavy atom. The van der Waals surface area contributed by atoms with Crippen LogP contribution in [0.15, 0.2) is 26.0 Å². The number of hydrogen-bond donors (Lipinski definition) is 0. The first-order chi connectivity index (χ1) is 9.75. The molecule has 1 aliphatic carbocycles. The Hall–Kier alpha value is 0.0900. The molecule has 0 heterocycles. The van der Waals surface area contributed by atoms with Crippen LogP contribution < -0.4 is 0 Å². The zero-order chi connectivity index (χ0) is 15.8. The van der Waals surface area contributed by atoms with Crippen LogP contribution in [0.3, 0.4) is 0 Å². The van der Waals surface area contributed by atoms with Gasteiger partial charge in [0.15, 0.2) is 0 Å². The lowest BCUT2D eigenvalue weighted by Crippen LogP contribution is -2.42. The highest BCUT2D eigenvalue weighted by Crippen LogP contribution is 2.34. The standard InChI is InChI=1S/C15H21Br2NO2S/c1-10-6-4-5-7-14(10)18(3)21(19,20)15-9-12(16)11(2)8-13(15)17/h8-10,14H,4-7H2,1-3H3. The minimum Gasteiger partial charge on any atom is -0.207 e. The molecule has 2 unspecified atom stereocenters. The van der Waals surface area contributed by atoms with E-state index in [2.05, 4.69) is 38.8 Å². The van der Waals surface area contributed by atoms with Gasteiger partial charge in [-0.3, -0.25) is 0 Å². The van der Waals surface area contributed by atoms with E-state index in [1.54, 1.807) is 17.4 Å². The van der Waals surface area contributed by atoms with Gasteiger partial charge in [-0.2, -0.15) is 4.31 Å². The predicted molar refractivity (Wildman–Crippen MR) is 92.9 cm³/mol. The van der Waals surface area contributed by atoms with E-state index in [0.717, 1.165) is 29.3 Å². The quantitative estimate of drug-likeness (QED) is 0.684. The second kappa shape index (κ2) is 6.69. The molecule has 1 aromatic carbocycles. The number of hydrogen-bond acceptors (Lipinski definition) is 2. The van der Waals surface area contributed by atoms with Gasteiger partial charge in [-0.1, -0.05) is 35.7 Å². The highest BCUT2D eigenvalue weighted by Gasteiger charge is 2.34. The minimum atomic E-state index is -3.48. The summed E-state index contributed by atoms with van der Waals surface area (Å²) >= 11 is 6.82. The molecule has 0 amide bonds. The van der Waals surface area contributed by atoms with Crippen LogP contribution in [-0.4, -0.2) is 25.8 Å². The molecule has 0 aromatic heterocycles. The molecule has 0 saturated heterocycles. The van der Waals surface area contributed by atoms with E-state index in [1.165, 1.54) is 6.42 Å². The number of benzene rings is 1. The highest BCUT2D eigenvalue weighted by molar-refractivity contribution is 9.11. The minimum absolute atomic E-state index is 0.0933. The van der Waals surface area contributed by atoms with Crippen molar-refractivity contribution >= 4 is 41.9 Å². The van der Waals surface area contributed by atoms with E-state index < -0.39 is 10.0 Å². The molecule has 0 aliphatic heterocycles. The SMILES string of the molecule is Cc1cc(Br)c(S(=O)(=O)N(C)C2CCCCC2C)cc1Br. The van der Waals surface area contributed by atoms with Crippen LogP contribution >= 0.6 is 31.9 Å². The van der Waals surface area contributed by atoms with Crippen LogP contribution in [0.2, 0.25) is 0 Å². The summed E-state index contributed by atoms with van der Waals surface area (Å²) in [5.74, 6) is 0.409. The lowest BCUT2D eigenvalue weighted by atomic mass is 9.86. The Balaban J connectivity index is 2.39. The summed E-state index contributed by atoms with van der Waals surface area (Å²) in [5, 5.41) is 0. The van der Waals surface area contributed by atoms with Crippen molar-refractivity contribution in [3.8, 4) is 0 Å². The van der Waals surface area contributed by atoms with Gasteiger partial charge in [0.05, 0.1) is 4.90 Å². The molecule has 1 aliphatic rings. The van der Waals surface area contributed by atoms with Crippen molar-refractivity contribution in [3.05, 3.63) is 26.6 Å². The van der Waals surface area contributed by atoms with E-state index in [9.17, 15) is 8.42 Å². The molecule has 1 fully saturated rings. The highest BCUT2D eigenvalue weighted by atomic mass is 79.9. The maximum atomic E-state index is 12.9. The third-order valence-electron chi connectivity index (χ3n) is 4.40. The molecule has 0 N–H and O–H groups in total. The van der Waals surface area contributed by atoms with Gasteiger partial charge in [0.2, 0.25) is 10.0 Å². The second-order valence-electron chi connectivity index (χ2n) is 5.88. The monoisotopic (exact) mass is 437 g/mol. The molecule has 118 valence electrons. The van der Waals surface area contributed by atoms with Gasteiger partial charge in [-0.25, -0.2) is 8.42 Å². The Bertz CT molecular complexity index is 631. The molecule has 2 rings (SSSR count). The zero-order valence-corrected chi connectivity index (χ0v) is 16.6. The van der Waals surface area contributed by atoms with Gasteiger partial charge in [-0.15, -0.1) is 0 Å². The van der Waals surface area contributed by atoms with E-state index in [-0.39, 0.29) is 6.04 Å². The van der Waals surface area contributed by atoms with E-state index in [1.807, 2.05) is 13.0 Å². The Morgan fingerprint density at radius 2 is 1.76 bits per heavy atom. The van der Waals surface area contributed by atoms with Crippen molar-refractivity contribution in [3.63, 3.8) is 0 Å². The largest absolute Gasteiger partial charge is 0.244 e. The average Bonchev–Trinajstić information content (AvgIpc) is 2.42. The molecule has 2 atom stereocenters. The van der Waals surface area contributed by atoms with Gasteiger partial charge >= 0.3 is 0 Å². The summed E-state index contributed by atoms with van der Waals surface area (Å²) in [4.78, 5) is 0.334. The van der Waals surface area contributed by atoms with Crippen molar-refractivity contribution in [2.75, 3.05) is 7.05 Å². The van der Waals surface area contributed by atoms with Gasteiger partial charge in [0.1, 0.15) is 0 Å². The van der Waals surface area contributed by atoms with Crippen LogP contribution in [0.5, 0.6) is 0 Å². The molecular formula is C15H21Br2NO2S. The Labute approximate surface area is 144 Å². The summed E-state index contributed by atoms with van der Waals surface area (Å²) < 4.78 is 28.9. The molecule has 21 heavy (non-hydrogen) atoms. The van der Waals surface area contributed by atoms with Crippen molar-refractivity contribution in [2.45, 2.75) is 50.5 Å². The van der Waals surface area contributed by atoms with E-state index >= 15 is 0 Å². The fraction of sp³-hybridized carbons (Fsp3) is 0.600. The normalized spacial score (nSPS) is 23.5. The van der Waals surface area contributed by atoms with Crippen molar-refractivity contribution < 1.29 is 8.42 Å². The molecule has 0 radical (unpaired) electrons. The Morgan fingerprint density at radius 3 is 2.38 bits per heavy atom. The van der Waals surface area contributed by atoms with Crippen LogP contribution in [0.25, 0.3) is 0 Å². The molecule has 3 nitrogen and oxygen atoms in total. The zero-order valence-electron chi connectivity index (χ0n) is 12.6. The summed E-state index contributed by atoms with van der Waals surface area (Å²) in [6.45, 7) is 4.09. The molecule has 6 heteroatoms. The van der Waals surface area contributed by atoms with E-state index in [0.29, 0.717) is 15.3 Å². The van der Waals surface area contributed by atoms with Crippen molar-refractivity contribution in [2.24, 2.45) is 5.92 Å². The maximum Gasteiger partial charge on any atom is 0.244 e. The third kappa shape index (κ3) is 3.54. The van der Waals surface area contributed by atoms with Crippen molar-refractivity contribution in [1.82, 2.24) is 4.31 Å². The van der Waals surface area contributed by atoms with Crippen molar-refractivity contribution in [1.29, 1.82) is 0 Å². The van der Waals surface area contributed by atoms with Crippen LogP contribution in [0.1, 0.15) is 38.2 Å². The first kappa shape index (κ1) is 17.4. The van der Waals surface area contributed by atoms with Crippen LogP contribution in [-0.2, 0) is 10.0 Å². The van der Waals surface area contributed by atoms with Crippen LogP contribution in [0.4, 0.5) is 0 Å². The number of nitrogens with zero attached hydrogens (tertiary/aromatic N) is 1. The molecule has 1 saturated carbocycles. The molecule has 1 aromatic rings. The lowest BCUT2D eigenvalue weighted by molar-refractivity contribution is 0.213. The Kier molecular flexibility index (Phi) is 5.55. The summed E-state index contributed by atoms with van der Waals surface area (Å²) in [6.07, 6.45) is 4.35. The molecular weight excluding hydrogens is 418 g/mol. The average molecular weight is 439 g/mol. The van der Waals surface area contributed by atoms with Gasteiger partial charge in [0, 0.05) is 22.0 Å². The lowest BCUT2D eigenvalue weighted by Gasteiger charge is -2.35. The van der Waals surface area contributed by atoms with Gasteiger partial charge < -0.3 is 0 Å². The summed E-state index contributed by atoms with van der Waals surface area (Å²) in [6, 6.07) is 3.63. The smallest absolute Gasteiger partial charge is 0.207 e. The third-order valence-corrected chi connectivity index (χ3v) is 8.10. The molecule has 0 bridgehead atoms. The summed E-state index contributed by atoms with van der Waals surface area (Å²) in [5.41, 5.74) is 1.01.